The summed E-state index contributed by atoms with van der Waals surface area (Å²) in [6.45, 7) is 3.99. The van der Waals surface area contributed by atoms with Gasteiger partial charge in [0.15, 0.2) is 0 Å². The Labute approximate surface area is 163 Å². The molecule has 0 amide bonds. The van der Waals surface area contributed by atoms with Gasteiger partial charge in [0.25, 0.3) is 0 Å². The van der Waals surface area contributed by atoms with Crippen molar-refractivity contribution in [2.24, 2.45) is 0 Å². The first-order valence-electron chi connectivity index (χ1n) is 9.25. The van der Waals surface area contributed by atoms with E-state index in [1.54, 1.807) is 12.5 Å². The van der Waals surface area contributed by atoms with E-state index in [4.69, 9.17) is 9.15 Å². The number of rotatable bonds is 6. The number of hydrogen-bond acceptors (Lipinski definition) is 5. The summed E-state index contributed by atoms with van der Waals surface area (Å²) in [6.07, 6.45) is 3.42. The normalized spacial score (nSPS) is 12.2. The molecule has 0 bridgehead atoms. The first-order chi connectivity index (χ1) is 13.6. The molecule has 0 saturated heterocycles. The summed E-state index contributed by atoms with van der Waals surface area (Å²) in [5, 5.41) is 15.2. The quantitative estimate of drug-likeness (QED) is 0.465. The molecule has 2 aromatic heterocycles. The van der Waals surface area contributed by atoms with Gasteiger partial charge in [0.1, 0.15) is 28.8 Å². The van der Waals surface area contributed by atoms with Gasteiger partial charge in [-0.15, -0.1) is 0 Å². The second-order valence-corrected chi connectivity index (χ2v) is 6.86. The van der Waals surface area contributed by atoms with Gasteiger partial charge in [-0.2, -0.15) is 0 Å². The Morgan fingerprint density at radius 1 is 1.00 bits per heavy atom. The van der Waals surface area contributed by atoms with E-state index in [0.717, 1.165) is 16.8 Å². The van der Waals surface area contributed by atoms with Crippen LogP contribution < -0.4 is 10.1 Å². The summed E-state index contributed by atoms with van der Waals surface area (Å²) in [6, 6.07) is 18.7. The van der Waals surface area contributed by atoms with Gasteiger partial charge in [-0.05, 0) is 56.3 Å². The fraction of sp³-hybridized carbons (Fsp3) is 0.174. The second kappa shape index (κ2) is 7.64. The van der Waals surface area contributed by atoms with Crippen molar-refractivity contribution in [2.75, 3.05) is 5.32 Å². The number of aromatic nitrogens is 1. The molecule has 0 radical (unpaired) electrons. The molecule has 0 saturated carbocycles. The molecule has 0 spiro atoms. The lowest BCUT2D eigenvalue weighted by atomic mass is 10.0. The Kier molecular flexibility index (Phi) is 4.89. The summed E-state index contributed by atoms with van der Waals surface area (Å²) in [4.78, 5) is 4.33. The highest BCUT2D eigenvalue weighted by atomic mass is 16.5. The molecular weight excluding hydrogens is 352 g/mol. The van der Waals surface area contributed by atoms with Gasteiger partial charge in [-0.25, -0.2) is 0 Å². The fourth-order valence-electron chi connectivity index (χ4n) is 3.20. The van der Waals surface area contributed by atoms with E-state index < -0.39 is 0 Å². The number of pyridine rings is 1. The molecule has 2 aromatic carbocycles. The van der Waals surface area contributed by atoms with Gasteiger partial charge in [0.2, 0.25) is 0 Å². The number of phenols is 1. The molecule has 5 nitrogen and oxygen atoms in total. The monoisotopic (exact) mass is 374 g/mol. The minimum Gasteiger partial charge on any atom is -0.505 e. The number of benzene rings is 2. The summed E-state index contributed by atoms with van der Waals surface area (Å²) < 4.78 is 11.4. The lowest BCUT2D eigenvalue weighted by Gasteiger charge is -2.20. The van der Waals surface area contributed by atoms with E-state index in [0.29, 0.717) is 16.8 Å². The molecular formula is C23H22N2O3. The third-order valence-corrected chi connectivity index (χ3v) is 4.45. The van der Waals surface area contributed by atoms with Crippen LogP contribution in [0.15, 0.2) is 77.5 Å². The molecule has 0 fully saturated rings. The summed E-state index contributed by atoms with van der Waals surface area (Å²) >= 11 is 0. The Balaban J connectivity index is 1.70. The van der Waals surface area contributed by atoms with Crippen LogP contribution in [0.25, 0.3) is 10.9 Å². The number of phenolic OH excluding ortho intramolecular Hbond substituents is 1. The van der Waals surface area contributed by atoms with Crippen LogP contribution in [0.5, 0.6) is 11.5 Å². The summed E-state index contributed by atoms with van der Waals surface area (Å²) in [5.74, 6) is 1.66. The average Bonchev–Trinajstić information content (AvgIpc) is 3.22. The smallest absolute Gasteiger partial charge is 0.147 e. The highest BCUT2D eigenvalue weighted by molar-refractivity contribution is 5.85. The maximum atomic E-state index is 10.9. The zero-order valence-electron chi connectivity index (χ0n) is 15.8. The predicted molar refractivity (Wildman–Crippen MR) is 110 cm³/mol. The number of aromatic hydroxyl groups is 1. The minimum atomic E-state index is -0.363. The molecule has 1 atom stereocenters. The van der Waals surface area contributed by atoms with Crippen molar-refractivity contribution in [2.45, 2.75) is 26.0 Å². The van der Waals surface area contributed by atoms with Gasteiger partial charge in [-0.1, -0.05) is 18.2 Å². The summed E-state index contributed by atoms with van der Waals surface area (Å²) in [5.41, 5.74) is 2.15. The zero-order chi connectivity index (χ0) is 19.5. The van der Waals surface area contributed by atoms with Crippen molar-refractivity contribution < 1.29 is 14.3 Å². The van der Waals surface area contributed by atoms with Crippen LogP contribution in [-0.4, -0.2) is 16.2 Å². The largest absolute Gasteiger partial charge is 0.505 e. The van der Waals surface area contributed by atoms with Crippen molar-refractivity contribution in [1.82, 2.24) is 4.98 Å². The SMILES string of the molecule is CC(C)Oc1ccc(NC(c2ccco2)c2ccc3cccnc3c2O)cc1. The van der Waals surface area contributed by atoms with E-state index in [2.05, 4.69) is 10.3 Å². The molecule has 5 heteroatoms. The van der Waals surface area contributed by atoms with Crippen molar-refractivity contribution in [3.05, 3.63) is 84.4 Å². The molecule has 142 valence electrons. The number of fused-ring (bicyclic) bond motifs is 1. The third kappa shape index (κ3) is 3.64. The van der Waals surface area contributed by atoms with Crippen molar-refractivity contribution in [3.8, 4) is 11.5 Å². The van der Waals surface area contributed by atoms with E-state index in [-0.39, 0.29) is 17.9 Å². The lowest BCUT2D eigenvalue weighted by molar-refractivity contribution is 0.242. The molecule has 28 heavy (non-hydrogen) atoms. The van der Waals surface area contributed by atoms with Gasteiger partial charge in [0, 0.05) is 22.8 Å². The molecule has 0 aliphatic rings. The van der Waals surface area contributed by atoms with Gasteiger partial charge < -0.3 is 19.6 Å². The van der Waals surface area contributed by atoms with E-state index in [9.17, 15) is 5.11 Å². The van der Waals surface area contributed by atoms with Crippen LogP contribution in [0.3, 0.4) is 0 Å². The fourth-order valence-corrected chi connectivity index (χ4v) is 3.20. The van der Waals surface area contributed by atoms with Crippen LogP contribution in [0.2, 0.25) is 0 Å². The molecule has 0 aliphatic heterocycles. The first-order valence-corrected chi connectivity index (χ1v) is 9.25. The second-order valence-electron chi connectivity index (χ2n) is 6.86. The van der Waals surface area contributed by atoms with Gasteiger partial charge >= 0.3 is 0 Å². The van der Waals surface area contributed by atoms with Crippen molar-refractivity contribution >= 4 is 16.6 Å². The lowest BCUT2D eigenvalue weighted by Crippen LogP contribution is -2.12. The number of anilines is 1. The van der Waals surface area contributed by atoms with Crippen LogP contribution in [0.1, 0.15) is 31.2 Å². The molecule has 1 unspecified atom stereocenters. The number of hydrogen-bond donors (Lipinski definition) is 2. The standard InChI is InChI=1S/C23H22N2O3/c1-15(2)28-18-10-8-17(9-11-18)25-22(20-6-4-14-27-20)19-12-7-16-5-3-13-24-21(16)23(19)26/h3-15,22,25-26H,1-2H3. The van der Waals surface area contributed by atoms with Crippen molar-refractivity contribution in [1.29, 1.82) is 0 Å². The number of ether oxygens (including phenoxy) is 1. The molecule has 4 rings (SSSR count). The zero-order valence-corrected chi connectivity index (χ0v) is 15.8. The first kappa shape index (κ1) is 17.9. The Morgan fingerprint density at radius 3 is 2.54 bits per heavy atom. The summed E-state index contributed by atoms with van der Waals surface area (Å²) in [7, 11) is 0. The maximum absolute atomic E-state index is 10.9. The Morgan fingerprint density at radius 2 is 1.82 bits per heavy atom. The highest BCUT2D eigenvalue weighted by Crippen LogP contribution is 2.36. The molecule has 0 aliphatic carbocycles. The highest BCUT2D eigenvalue weighted by Gasteiger charge is 2.22. The Hall–Kier alpha value is -3.47. The topological polar surface area (TPSA) is 67.5 Å². The van der Waals surface area contributed by atoms with Crippen LogP contribution in [0, 0.1) is 0 Å². The third-order valence-electron chi connectivity index (χ3n) is 4.45. The number of nitrogens with zero attached hydrogens (tertiary/aromatic N) is 1. The van der Waals surface area contributed by atoms with Gasteiger partial charge in [-0.3, -0.25) is 4.98 Å². The molecule has 2 heterocycles. The van der Waals surface area contributed by atoms with E-state index >= 15 is 0 Å². The number of nitrogens with one attached hydrogen (secondary N) is 1. The minimum absolute atomic E-state index is 0.122. The predicted octanol–water partition coefficient (Wildman–Crippen LogP) is 5.52. The van der Waals surface area contributed by atoms with Crippen LogP contribution in [0.4, 0.5) is 5.69 Å². The van der Waals surface area contributed by atoms with E-state index in [1.807, 2.05) is 74.5 Å². The van der Waals surface area contributed by atoms with Crippen LogP contribution in [-0.2, 0) is 0 Å². The van der Waals surface area contributed by atoms with E-state index in [1.165, 1.54) is 0 Å². The van der Waals surface area contributed by atoms with Gasteiger partial charge in [0.05, 0.1) is 12.4 Å². The maximum Gasteiger partial charge on any atom is 0.147 e. The average molecular weight is 374 g/mol. The van der Waals surface area contributed by atoms with Crippen molar-refractivity contribution in [3.63, 3.8) is 0 Å². The Bertz CT molecular complexity index is 1060. The molecule has 2 N–H and O–H groups in total. The number of furan rings is 1. The van der Waals surface area contributed by atoms with Crippen LogP contribution >= 0.6 is 0 Å². The molecule has 4 aromatic rings.